The summed E-state index contributed by atoms with van der Waals surface area (Å²) < 4.78 is 63.6. The molecule has 0 saturated heterocycles. The van der Waals surface area contributed by atoms with Crippen molar-refractivity contribution in [3.05, 3.63) is 42.5 Å². The van der Waals surface area contributed by atoms with E-state index in [2.05, 4.69) is 15.3 Å². The molecule has 14 nitrogen and oxygen atoms in total. The molecule has 1 amide bonds. The summed E-state index contributed by atoms with van der Waals surface area (Å²) in [5, 5.41) is 20.8. The molecule has 2 aromatic rings. The van der Waals surface area contributed by atoms with Gasteiger partial charge in [-0.15, -0.1) is 0 Å². The van der Waals surface area contributed by atoms with Gasteiger partial charge in [-0.25, -0.2) is 4.79 Å². The SMILES string of the molecule is Nc1ccc(S(=O)(=O)O)c(N=NC2C(=O)N(c3ccc(S(=O)(=O)O)cc3)N=C2C(=O)O)c1. The number of aliphatic carboxylic acids is 1. The van der Waals surface area contributed by atoms with Crippen LogP contribution in [0.2, 0.25) is 0 Å². The van der Waals surface area contributed by atoms with Crippen LogP contribution in [-0.4, -0.2) is 54.7 Å². The number of hydrogen-bond donors (Lipinski definition) is 4. The number of nitrogen functional groups attached to an aromatic ring is 1. The fourth-order valence-corrected chi connectivity index (χ4v) is 3.69. The van der Waals surface area contributed by atoms with E-state index in [1.165, 1.54) is 6.07 Å². The highest BCUT2D eigenvalue weighted by molar-refractivity contribution is 7.86. The molecule has 0 aromatic heterocycles. The first-order valence-corrected chi connectivity index (χ1v) is 11.2. The van der Waals surface area contributed by atoms with Crippen LogP contribution in [0.5, 0.6) is 0 Å². The summed E-state index contributed by atoms with van der Waals surface area (Å²) in [4.78, 5) is 23.1. The molecule has 1 aliphatic rings. The van der Waals surface area contributed by atoms with Gasteiger partial charge in [-0.1, -0.05) is 0 Å². The molecule has 32 heavy (non-hydrogen) atoms. The van der Waals surface area contributed by atoms with E-state index in [9.17, 15) is 36.1 Å². The van der Waals surface area contributed by atoms with Gasteiger partial charge in [-0.05, 0) is 42.5 Å². The Bertz CT molecular complexity index is 1380. The fourth-order valence-electron chi connectivity index (χ4n) is 2.60. The molecule has 0 spiro atoms. The van der Waals surface area contributed by atoms with Crippen molar-refractivity contribution in [2.24, 2.45) is 15.3 Å². The Hall–Kier alpha value is -3.73. The number of nitrogens with two attached hydrogens (primary N) is 1. The van der Waals surface area contributed by atoms with E-state index >= 15 is 0 Å². The van der Waals surface area contributed by atoms with Crippen LogP contribution in [0.4, 0.5) is 17.1 Å². The number of anilines is 2. The van der Waals surface area contributed by atoms with Gasteiger partial charge in [0.2, 0.25) is 6.04 Å². The number of benzene rings is 2. The predicted molar refractivity (Wildman–Crippen MR) is 108 cm³/mol. The quantitative estimate of drug-likeness (QED) is 0.255. The third kappa shape index (κ3) is 4.62. The van der Waals surface area contributed by atoms with Crippen molar-refractivity contribution >= 4 is 54.9 Å². The average molecular weight is 483 g/mol. The zero-order chi connectivity index (χ0) is 23.8. The van der Waals surface area contributed by atoms with Gasteiger partial charge in [0, 0.05) is 5.69 Å². The molecule has 1 heterocycles. The van der Waals surface area contributed by atoms with Crippen molar-refractivity contribution in [2.45, 2.75) is 15.8 Å². The number of carbonyl (C=O) groups excluding carboxylic acids is 1. The Morgan fingerprint density at radius 1 is 1.03 bits per heavy atom. The Kier molecular flexibility index (Phi) is 5.79. The highest BCUT2D eigenvalue weighted by Crippen LogP contribution is 2.29. The third-order valence-corrected chi connectivity index (χ3v) is 5.82. The Labute approximate surface area is 180 Å². The smallest absolute Gasteiger partial charge is 0.355 e. The molecule has 0 saturated carbocycles. The second-order valence-corrected chi connectivity index (χ2v) is 9.04. The fraction of sp³-hybridized carbons (Fsp3) is 0.0625. The number of rotatable bonds is 6. The Balaban J connectivity index is 1.99. The normalized spacial score (nSPS) is 17.1. The number of carboxylic acids is 1. The van der Waals surface area contributed by atoms with Crippen molar-refractivity contribution in [2.75, 3.05) is 10.7 Å². The van der Waals surface area contributed by atoms with Gasteiger partial charge in [0.25, 0.3) is 26.1 Å². The maximum atomic E-state index is 12.7. The lowest BCUT2D eigenvalue weighted by molar-refractivity contribution is -0.130. The number of carboxylic acid groups (broad SMARTS) is 1. The molecule has 1 atom stereocenters. The Morgan fingerprint density at radius 3 is 2.19 bits per heavy atom. The summed E-state index contributed by atoms with van der Waals surface area (Å²) >= 11 is 0. The summed E-state index contributed by atoms with van der Waals surface area (Å²) in [5.41, 5.74) is 4.38. The van der Waals surface area contributed by atoms with Crippen molar-refractivity contribution in [1.82, 2.24) is 0 Å². The van der Waals surface area contributed by atoms with E-state index in [0.29, 0.717) is 5.01 Å². The first kappa shape index (κ1) is 22.9. The van der Waals surface area contributed by atoms with Gasteiger partial charge in [-0.3, -0.25) is 13.9 Å². The van der Waals surface area contributed by atoms with Crippen molar-refractivity contribution in [3.8, 4) is 0 Å². The van der Waals surface area contributed by atoms with Crippen LogP contribution in [0, 0.1) is 0 Å². The number of hydrogen-bond acceptors (Lipinski definition) is 10. The van der Waals surface area contributed by atoms with Gasteiger partial charge in [0.15, 0.2) is 5.71 Å². The van der Waals surface area contributed by atoms with Crippen LogP contribution in [0.3, 0.4) is 0 Å². The first-order chi connectivity index (χ1) is 14.8. The van der Waals surface area contributed by atoms with E-state index in [4.69, 9.17) is 10.3 Å². The molecule has 168 valence electrons. The number of amides is 1. The third-order valence-electron chi connectivity index (χ3n) is 4.05. The van der Waals surface area contributed by atoms with Crippen LogP contribution in [0.1, 0.15) is 0 Å². The van der Waals surface area contributed by atoms with E-state index in [1.807, 2.05) is 0 Å². The summed E-state index contributed by atoms with van der Waals surface area (Å²) in [5.74, 6) is -2.62. The minimum atomic E-state index is -4.73. The molecule has 0 bridgehead atoms. The maximum Gasteiger partial charge on any atom is 0.355 e. The molecule has 16 heteroatoms. The second kappa shape index (κ2) is 8.08. The monoisotopic (exact) mass is 483 g/mol. The number of nitrogens with zero attached hydrogens (tertiary/aromatic N) is 4. The lowest BCUT2D eigenvalue weighted by atomic mass is 10.2. The average Bonchev–Trinajstić information content (AvgIpc) is 3.01. The maximum absolute atomic E-state index is 12.7. The summed E-state index contributed by atoms with van der Waals surface area (Å²) in [7, 11) is -9.23. The van der Waals surface area contributed by atoms with Gasteiger partial charge >= 0.3 is 5.97 Å². The summed E-state index contributed by atoms with van der Waals surface area (Å²) in [6, 6.07) is 5.49. The number of hydrazone groups is 1. The molecular formula is C16H13N5O9S2. The van der Waals surface area contributed by atoms with Gasteiger partial charge in [-0.2, -0.15) is 37.2 Å². The minimum absolute atomic E-state index is 0.0403. The van der Waals surface area contributed by atoms with E-state index in [0.717, 1.165) is 36.4 Å². The lowest BCUT2D eigenvalue weighted by Gasteiger charge is -2.12. The highest BCUT2D eigenvalue weighted by atomic mass is 32.2. The van der Waals surface area contributed by atoms with E-state index < -0.39 is 59.3 Å². The zero-order valence-corrected chi connectivity index (χ0v) is 17.2. The molecule has 1 aliphatic heterocycles. The van der Waals surface area contributed by atoms with Crippen LogP contribution in [0.15, 0.2) is 67.6 Å². The van der Waals surface area contributed by atoms with Crippen LogP contribution in [-0.2, 0) is 29.8 Å². The van der Waals surface area contributed by atoms with Crippen molar-refractivity contribution < 1.29 is 40.6 Å². The molecule has 3 rings (SSSR count). The second-order valence-electron chi connectivity index (χ2n) is 6.23. The van der Waals surface area contributed by atoms with Gasteiger partial charge in [0.05, 0.1) is 10.6 Å². The molecule has 2 aromatic carbocycles. The number of carbonyl (C=O) groups is 2. The zero-order valence-electron chi connectivity index (χ0n) is 15.6. The van der Waals surface area contributed by atoms with Crippen LogP contribution < -0.4 is 10.7 Å². The topological polar surface area (TPSA) is 229 Å². The van der Waals surface area contributed by atoms with Gasteiger partial charge in [0.1, 0.15) is 10.6 Å². The van der Waals surface area contributed by atoms with Crippen LogP contribution >= 0.6 is 0 Å². The van der Waals surface area contributed by atoms with Crippen LogP contribution in [0.25, 0.3) is 0 Å². The van der Waals surface area contributed by atoms with Crippen molar-refractivity contribution in [1.29, 1.82) is 0 Å². The molecule has 1 unspecified atom stereocenters. The lowest BCUT2D eigenvalue weighted by Crippen LogP contribution is -2.33. The molecule has 5 N–H and O–H groups in total. The Morgan fingerprint density at radius 2 is 1.66 bits per heavy atom. The molecule has 0 fully saturated rings. The van der Waals surface area contributed by atoms with Crippen molar-refractivity contribution in [3.63, 3.8) is 0 Å². The molecular weight excluding hydrogens is 470 g/mol. The van der Waals surface area contributed by atoms with E-state index in [1.54, 1.807) is 0 Å². The summed E-state index contributed by atoms with van der Waals surface area (Å²) in [6.07, 6.45) is 0. The molecule has 0 radical (unpaired) electrons. The first-order valence-electron chi connectivity index (χ1n) is 8.30. The minimum Gasteiger partial charge on any atom is -0.477 e. The standard InChI is InChI=1S/C16H13N5O9S2/c17-8-1-6-12(32(28,29)30)11(7-8)18-19-13-14(16(23)24)20-21(15(13)22)9-2-4-10(5-3-9)31(25,26)27/h1-7,13H,17H2,(H,23,24)(H,25,26,27)(H,28,29,30). The van der Waals surface area contributed by atoms with E-state index in [-0.39, 0.29) is 11.4 Å². The number of azo groups is 1. The molecule has 0 aliphatic carbocycles. The predicted octanol–water partition coefficient (Wildman–Crippen LogP) is 0.702. The largest absolute Gasteiger partial charge is 0.477 e. The summed E-state index contributed by atoms with van der Waals surface area (Å²) in [6.45, 7) is 0. The highest BCUT2D eigenvalue weighted by Gasteiger charge is 2.41. The van der Waals surface area contributed by atoms with Gasteiger partial charge < -0.3 is 10.8 Å².